The summed E-state index contributed by atoms with van der Waals surface area (Å²) in [5.74, 6) is 5.44. The fourth-order valence-electron chi connectivity index (χ4n) is 1.24. The van der Waals surface area contributed by atoms with Gasteiger partial charge in [-0.2, -0.15) is 0 Å². The van der Waals surface area contributed by atoms with Gasteiger partial charge in [0, 0.05) is 5.56 Å². The fraction of sp³-hybridized carbons (Fsp3) is 0.308. The second kappa shape index (κ2) is 5.21. The van der Waals surface area contributed by atoms with Crippen LogP contribution in [0, 0.1) is 25.7 Å². The molecule has 0 spiro atoms. The third-order valence-corrected chi connectivity index (χ3v) is 2.07. The first-order chi connectivity index (χ1) is 7.13. The molecule has 0 saturated heterocycles. The molecule has 0 amide bonds. The van der Waals surface area contributed by atoms with E-state index < -0.39 is 0 Å². The number of hydrogen-bond acceptors (Lipinski definition) is 2. The smallest absolute Gasteiger partial charge is 0.317 e. The van der Waals surface area contributed by atoms with E-state index in [1.807, 2.05) is 26.0 Å². The lowest BCUT2D eigenvalue weighted by Crippen LogP contribution is -1.97. The van der Waals surface area contributed by atoms with Crippen LogP contribution in [0.25, 0.3) is 0 Å². The minimum atomic E-state index is -0.299. The van der Waals surface area contributed by atoms with Crippen molar-refractivity contribution in [3.8, 4) is 11.8 Å². The molecule has 0 radical (unpaired) electrons. The Morgan fingerprint density at radius 1 is 1.40 bits per heavy atom. The molecule has 0 aliphatic heterocycles. The largest absolute Gasteiger partial charge is 0.468 e. The number of hydrogen-bond donors (Lipinski definition) is 0. The predicted molar refractivity (Wildman–Crippen MR) is 59.4 cm³/mol. The van der Waals surface area contributed by atoms with Gasteiger partial charge < -0.3 is 4.74 Å². The molecule has 0 fully saturated rings. The van der Waals surface area contributed by atoms with Gasteiger partial charge in [0.2, 0.25) is 0 Å². The van der Waals surface area contributed by atoms with Gasteiger partial charge in [0.15, 0.2) is 0 Å². The van der Waals surface area contributed by atoms with E-state index in [9.17, 15) is 4.79 Å². The Kier molecular flexibility index (Phi) is 3.93. The maximum atomic E-state index is 10.8. The van der Waals surface area contributed by atoms with Gasteiger partial charge in [0.25, 0.3) is 0 Å². The van der Waals surface area contributed by atoms with E-state index in [-0.39, 0.29) is 12.4 Å². The van der Waals surface area contributed by atoms with Crippen molar-refractivity contribution in [2.24, 2.45) is 0 Å². The van der Waals surface area contributed by atoms with Crippen LogP contribution < -0.4 is 0 Å². The number of benzene rings is 1. The van der Waals surface area contributed by atoms with Crippen LogP contribution >= 0.6 is 0 Å². The molecule has 0 bridgehead atoms. The predicted octanol–water partition coefficient (Wildman–Crippen LogP) is 2.22. The van der Waals surface area contributed by atoms with Gasteiger partial charge in [-0.15, -0.1) is 0 Å². The molecule has 0 heterocycles. The van der Waals surface area contributed by atoms with E-state index in [0.29, 0.717) is 0 Å². The van der Waals surface area contributed by atoms with Gasteiger partial charge in [-0.1, -0.05) is 29.5 Å². The zero-order chi connectivity index (χ0) is 11.3. The van der Waals surface area contributed by atoms with Crippen LogP contribution in [0.3, 0.4) is 0 Å². The average Bonchev–Trinajstić information content (AvgIpc) is 2.21. The van der Waals surface area contributed by atoms with Crippen LogP contribution in [-0.2, 0) is 9.53 Å². The third kappa shape index (κ3) is 3.47. The number of ether oxygens (including phenoxy) is 1. The van der Waals surface area contributed by atoms with Crippen LogP contribution in [0.15, 0.2) is 18.2 Å². The number of carbonyl (C=O) groups is 1. The lowest BCUT2D eigenvalue weighted by molar-refractivity contribution is -0.139. The molecule has 0 aliphatic carbocycles. The molecular weight excluding hydrogens is 188 g/mol. The highest BCUT2D eigenvalue weighted by Gasteiger charge is 1.96. The molecule has 0 unspecified atom stereocenters. The minimum absolute atomic E-state index is 0.143. The van der Waals surface area contributed by atoms with Crippen molar-refractivity contribution < 1.29 is 9.53 Å². The maximum Gasteiger partial charge on any atom is 0.317 e. The standard InChI is InChI=1S/C13H14O2/c1-10-7-8-12(11(2)9-10)5-4-6-13(14)15-3/h7-9H,6H2,1-3H3. The van der Waals surface area contributed by atoms with Crippen LogP contribution in [0.2, 0.25) is 0 Å². The van der Waals surface area contributed by atoms with Gasteiger partial charge in [-0.25, -0.2) is 0 Å². The van der Waals surface area contributed by atoms with Crippen LogP contribution in [0.1, 0.15) is 23.1 Å². The monoisotopic (exact) mass is 202 g/mol. The number of carbonyl (C=O) groups excluding carboxylic acids is 1. The van der Waals surface area contributed by atoms with E-state index >= 15 is 0 Å². The highest BCUT2D eigenvalue weighted by atomic mass is 16.5. The van der Waals surface area contributed by atoms with Crippen molar-refractivity contribution in [3.05, 3.63) is 34.9 Å². The lowest BCUT2D eigenvalue weighted by Gasteiger charge is -1.98. The summed E-state index contributed by atoms with van der Waals surface area (Å²) in [5, 5.41) is 0. The van der Waals surface area contributed by atoms with Gasteiger partial charge >= 0.3 is 5.97 Å². The Morgan fingerprint density at radius 3 is 2.73 bits per heavy atom. The van der Waals surface area contributed by atoms with Gasteiger partial charge in [0.05, 0.1) is 7.11 Å². The van der Waals surface area contributed by atoms with Crippen molar-refractivity contribution in [1.82, 2.24) is 0 Å². The molecule has 2 nitrogen and oxygen atoms in total. The third-order valence-electron chi connectivity index (χ3n) is 2.07. The summed E-state index contributed by atoms with van der Waals surface area (Å²) in [6.07, 6.45) is 0.143. The van der Waals surface area contributed by atoms with Crippen molar-refractivity contribution in [1.29, 1.82) is 0 Å². The Labute approximate surface area is 90.3 Å². The molecule has 15 heavy (non-hydrogen) atoms. The first-order valence-electron chi connectivity index (χ1n) is 4.76. The quantitative estimate of drug-likeness (QED) is 0.515. The lowest BCUT2D eigenvalue weighted by atomic mass is 10.1. The average molecular weight is 202 g/mol. The highest BCUT2D eigenvalue weighted by Crippen LogP contribution is 2.08. The van der Waals surface area contributed by atoms with Gasteiger partial charge in [0.1, 0.15) is 6.42 Å². The summed E-state index contributed by atoms with van der Waals surface area (Å²) >= 11 is 0. The molecule has 1 aromatic carbocycles. The molecule has 0 aliphatic rings. The summed E-state index contributed by atoms with van der Waals surface area (Å²) in [6, 6.07) is 6.05. The Hall–Kier alpha value is -1.75. The summed E-state index contributed by atoms with van der Waals surface area (Å²) in [4.78, 5) is 10.8. The summed E-state index contributed by atoms with van der Waals surface area (Å²) in [6.45, 7) is 4.05. The maximum absolute atomic E-state index is 10.8. The summed E-state index contributed by atoms with van der Waals surface area (Å²) in [5.41, 5.74) is 3.31. The minimum Gasteiger partial charge on any atom is -0.468 e. The van der Waals surface area contributed by atoms with Crippen LogP contribution in [0.4, 0.5) is 0 Å². The molecule has 1 rings (SSSR count). The Morgan fingerprint density at radius 2 is 2.13 bits per heavy atom. The first-order valence-corrected chi connectivity index (χ1v) is 4.76. The van der Waals surface area contributed by atoms with Crippen molar-refractivity contribution in [2.75, 3.05) is 7.11 Å². The number of aryl methyl sites for hydroxylation is 2. The van der Waals surface area contributed by atoms with E-state index in [1.165, 1.54) is 12.7 Å². The Bertz CT molecular complexity index is 422. The van der Waals surface area contributed by atoms with E-state index in [4.69, 9.17) is 0 Å². The highest BCUT2D eigenvalue weighted by molar-refractivity contribution is 5.72. The normalized spacial score (nSPS) is 9.00. The Balaban J connectivity index is 2.76. The molecule has 2 heteroatoms. The molecule has 0 N–H and O–H groups in total. The van der Waals surface area contributed by atoms with E-state index in [0.717, 1.165) is 11.1 Å². The molecule has 78 valence electrons. The molecular formula is C13H14O2. The number of methoxy groups -OCH3 is 1. The van der Waals surface area contributed by atoms with Crippen molar-refractivity contribution in [3.63, 3.8) is 0 Å². The topological polar surface area (TPSA) is 26.3 Å². The van der Waals surface area contributed by atoms with Gasteiger partial charge in [-0.05, 0) is 25.5 Å². The van der Waals surface area contributed by atoms with Crippen LogP contribution in [0.5, 0.6) is 0 Å². The first kappa shape index (κ1) is 11.3. The van der Waals surface area contributed by atoms with Crippen molar-refractivity contribution >= 4 is 5.97 Å². The second-order valence-electron chi connectivity index (χ2n) is 3.37. The van der Waals surface area contributed by atoms with E-state index in [1.54, 1.807) is 0 Å². The molecule has 1 aromatic rings. The number of rotatable bonds is 1. The zero-order valence-corrected chi connectivity index (χ0v) is 9.26. The van der Waals surface area contributed by atoms with Crippen molar-refractivity contribution in [2.45, 2.75) is 20.3 Å². The SMILES string of the molecule is COC(=O)CC#Cc1ccc(C)cc1C. The molecule has 0 aromatic heterocycles. The number of esters is 1. The van der Waals surface area contributed by atoms with E-state index in [2.05, 4.69) is 22.6 Å². The van der Waals surface area contributed by atoms with Crippen LogP contribution in [-0.4, -0.2) is 13.1 Å². The second-order valence-corrected chi connectivity index (χ2v) is 3.37. The van der Waals surface area contributed by atoms with Gasteiger partial charge in [-0.3, -0.25) is 4.79 Å². The molecule has 0 saturated carbocycles. The fourth-order valence-corrected chi connectivity index (χ4v) is 1.24. The zero-order valence-electron chi connectivity index (χ0n) is 9.26. The molecule has 0 atom stereocenters. The summed E-state index contributed by atoms with van der Waals surface area (Å²) in [7, 11) is 1.36. The summed E-state index contributed by atoms with van der Waals surface area (Å²) < 4.78 is 4.50.